The number of pyridine rings is 2. The van der Waals surface area contributed by atoms with Gasteiger partial charge in [-0.3, -0.25) is 14.1 Å². The maximum atomic E-state index is 13.2. The van der Waals surface area contributed by atoms with E-state index >= 15 is 0 Å². The molecule has 0 saturated heterocycles. The summed E-state index contributed by atoms with van der Waals surface area (Å²) in [6, 6.07) is 16.4. The second kappa shape index (κ2) is 9.86. The Bertz CT molecular complexity index is 2030. The number of aromatic nitrogens is 3. The lowest BCUT2D eigenvalue weighted by Crippen LogP contribution is -2.25. The molecule has 41 heavy (non-hydrogen) atoms. The molecule has 4 aromatic heterocycles. The number of carbonyl (C=O) groups is 1. The number of aryl methyl sites for hydroxylation is 1. The van der Waals surface area contributed by atoms with Gasteiger partial charge in [-0.05, 0) is 31.2 Å². The van der Waals surface area contributed by atoms with Crippen molar-refractivity contribution in [2.75, 3.05) is 24.7 Å². The van der Waals surface area contributed by atoms with Gasteiger partial charge in [-0.1, -0.05) is 29.8 Å². The summed E-state index contributed by atoms with van der Waals surface area (Å²) in [7, 11) is -0.647. The third kappa shape index (κ3) is 4.70. The number of nitrogens with zero attached hydrogens (tertiary/aromatic N) is 4. The molecule has 0 saturated carbocycles. The Morgan fingerprint density at radius 3 is 2.41 bits per heavy atom. The summed E-state index contributed by atoms with van der Waals surface area (Å²) in [5, 5.41) is 3.23. The predicted octanol–water partition coefficient (Wildman–Crippen LogP) is 5.43. The monoisotopic (exact) mass is 567 g/mol. The number of oxazole rings is 1. The van der Waals surface area contributed by atoms with Crippen LogP contribution in [0, 0.1) is 6.92 Å². The normalized spacial score (nSPS) is 11.7. The van der Waals surface area contributed by atoms with E-state index in [0.29, 0.717) is 61.8 Å². The van der Waals surface area contributed by atoms with Gasteiger partial charge in [-0.15, -0.1) is 0 Å². The fourth-order valence-corrected chi connectivity index (χ4v) is 5.17. The topological polar surface area (TPSA) is 131 Å². The standard InChI is InChI=1S/C30H25N5O5S/c1-17-7-9-18(10-8-17)27-26(29(36)31-2)22-13-21(23(14-25(22)39-27)35(3)41(4,37)38)19-12-20(16-32-15-19)30-34-28-24(40-30)6-5-11-33-28/h5-16H,1-4H3,(H,31,36). The lowest BCUT2D eigenvalue weighted by molar-refractivity contribution is 0.0964. The number of amides is 1. The number of fused-ring (bicyclic) bond motifs is 2. The number of hydrogen-bond acceptors (Lipinski definition) is 8. The number of carbonyl (C=O) groups excluding carboxylic acids is 1. The van der Waals surface area contributed by atoms with E-state index in [1.54, 1.807) is 56.0 Å². The van der Waals surface area contributed by atoms with E-state index in [1.807, 2.05) is 31.2 Å². The molecular weight excluding hydrogens is 542 g/mol. The van der Waals surface area contributed by atoms with Crippen LogP contribution in [0.25, 0.3) is 56.1 Å². The van der Waals surface area contributed by atoms with Crippen molar-refractivity contribution in [3.63, 3.8) is 0 Å². The van der Waals surface area contributed by atoms with Gasteiger partial charge in [-0.2, -0.15) is 4.98 Å². The highest BCUT2D eigenvalue weighted by atomic mass is 32.2. The fourth-order valence-electron chi connectivity index (χ4n) is 4.66. The van der Waals surface area contributed by atoms with Crippen molar-refractivity contribution >= 4 is 43.8 Å². The van der Waals surface area contributed by atoms with Gasteiger partial charge in [0.2, 0.25) is 15.9 Å². The van der Waals surface area contributed by atoms with Crippen molar-refractivity contribution in [2.45, 2.75) is 6.92 Å². The lowest BCUT2D eigenvalue weighted by Gasteiger charge is -2.20. The number of nitrogens with one attached hydrogen (secondary N) is 1. The molecule has 6 aromatic rings. The first-order valence-corrected chi connectivity index (χ1v) is 14.5. The zero-order valence-corrected chi connectivity index (χ0v) is 23.5. The summed E-state index contributed by atoms with van der Waals surface area (Å²) in [5.41, 5.74) is 5.52. The molecule has 0 atom stereocenters. The SMILES string of the molecule is CNC(=O)c1c(-c2ccc(C)cc2)oc2cc(N(C)S(C)(=O)=O)c(-c3cncc(-c4nc5ncccc5o4)c3)cc12. The van der Waals surface area contributed by atoms with Gasteiger partial charge in [-0.25, -0.2) is 13.4 Å². The van der Waals surface area contributed by atoms with Crippen molar-refractivity contribution in [3.8, 4) is 33.9 Å². The van der Waals surface area contributed by atoms with Crippen molar-refractivity contribution in [3.05, 3.63) is 84.3 Å². The molecule has 0 bridgehead atoms. The van der Waals surface area contributed by atoms with Gasteiger partial charge in [0.25, 0.3) is 5.91 Å². The van der Waals surface area contributed by atoms with Crippen molar-refractivity contribution < 1.29 is 22.0 Å². The lowest BCUT2D eigenvalue weighted by atomic mass is 9.98. The van der Waals surface area contributed by atoms with Gasteiger partial charge in [0.05, 0.1) is 23.1 Å². The molecule has 4 heterocycles. The smallest absolute Gasteiger partial charge is 0.255 e. The Labute approximate surface area is 235 Å². The first kappa shape index (κ1) is 26.2. The quantitative estimate of drug-likeness (QED) is 0.282. The Hall–Kier alpha value is -5.03. The number of benzene rings is 2. The van der Waals surface area contributed by atoms with Crippen LogP contribution >= 0.6 is 0 Å². The maximum absolute atomic E-state index is 13.2. The van der Waals surface area contributed by atoms with E-state index in [4.69, 9.17) is 8.83 Å². The number of sulfonamides is 1. The van der Waals surface area contributed by atoms with E-state index in [1.165, 1.54) is 11.4 Å². The first-order chi connectivity index (χ1) is 19.6. The summed E-state index contributed by atoms with van der Waals surface area (Å²) in [4.78, 5) is 26.3. The van der Waals surface area contributed by atoms with Gasteiger partial charge in [0.1, 0.15) is 11.3 Å². The first-order valence-electron chi connectivity index (χ1n) is 12.6. The summed E-state index contributed by atoms with van der Waals surface area (Å²) in [5.74, 6) is 0.374. The van der Waals surface area contributed by atoms with E-state index < -0.39 is 10.0 Å². The van der Waals surface area contributed by atoms with Crippen molar-refractivity contribution in [1.29, 1.82) is 0 Å². The molecule has 0 radical (unpaired) electrons. The van der Waals surface area contributed by atoms with Crippen LogP contribution in [0.3, 0.4) is 0 Å². The second-order valence-electron chi connectivity index (χ2n) is 9.65. The van der Waals surface area contributed by atoms with Crippen LogP contribution in [0.5, 0.6) is 0 Å². The molecule has 0 aliphatic heterocycles. The highest BCUT2D eigenvalue weighted by molar-refractivity contribution is 7.92. The summed E-state index contributed by atoms with van der Waals surface area (Å²) >= 11 is 0. The molecule has 0 unspecified atom stereocenters. The van der Waals surface area contributed by atoms with E-state index in [-0.39, 0.29) is 5.91 Å². The summed E-state index contributed by atoms with van der Waals surface area (Å²) in [6.07, 6.45) is 5.98. The average Bonchev–Trinajstić information content (AvgIpc) is 3.57. The molecular formula is C30H25N5O5S. The predicted molar refractivity (Wildman–Crippen MR) is 157 cm³/mol. The molecule has 0 aliphatic rings. The van der Waals surface area contributed by atoms with Crippen LogP contribution in [0.2, 0.25) is 0 Å². The Balaban J connectivity index is 1.61. The highest BCUT2D eigenvalue weighted by Gasteiger charge is 2.26. The van der Waals surface area contributed by atoms with Crippen LogP contribution in [-0.2, 0) is 10.0 Å². The Kier molecular flexibility index (Phi) is 6.30. The molecule has 0 aliphatic carbocycles. The number of hydrogen-bond donors (Lipinski definition) is 1. The number of rotatable bonds is 6. The van der Waals surface area contributed by atoms with Crippen LogP contribution in [0.1, 0.15) is 15.9 Å². The number of furan rings is 1. The molecule has 0 fully saturated rings. The average molecular weight is 568 g/mol. The number of anilines is 1. The second-order valence-corrected chi connectivity index (χ2v) is 11.7. The minimum Gasteiger partial charge on any atom is -0.455 e. The fraction of sp³-hybridized carbons (Fsp3) is 0.133. The third-order valence-electron chi connectivity index (χ3n) is 6.87. The van der Waals surface area contributed by atoms with Gasteiger partial charge < -0.3 is 14.2 Å². The molecule has 10 nitrogen and oxygen atoms in total. The molecule has 206 valence electrons. The minimum absolute atomic E-state index is 0.322. The van der Waals surface area contributed by atoms with Crippen LogP contribution in [0.15, 0.2) is 82.0 Å². The third-order valence-corrected chi connectivity index (χ3v) is 8.06. The zero-order chi connectivity index (χ0) is 28.9. The van der Waals surface area contributed by atoms with Gasteiger partial charge >= 0.3 is 0 Å². The van der Waals surface area contributed by atoms with Gasteiger partial charge in [0, 0.05) is 60.8 Å². The van der Waals surface area contributed by atoms with Crippen LogP contribution in [-0.4, -0.2) is 49.6 Å². The molecule has 11 heteroatoms. The highest BCUT2D eigenvalue weighted by Crippen LogP contribution is 2.41. The molecule has 1 N–H and O–H groups in total. The summed E-state index contributed by atoms with van der Waals surface area (Å²) < 4.78 is 38.7. The molecule has 6 rings (SSSR count). The largest absolute Gasteiger partial charge is 0.455 e. The Morgan fingerprint density at radius 1 is 0.951 bits per heavy atom. The Morgan fingerprint density at radius 2 is 1.71 bits per heavy atom. The summed E-state index contributed by atoms with van der Waals surface area (Å²) in [6.45, 7) is 1.97. The molecule has 2 aromatic carbocycles. The van der Waals surface area contributed by atoms with Crippen LogP contribution in [0.4, 0.5) is 5.69 Å². The minimum atomic E-state index is -3.66. The van der Waals surface area contributed by atoms with E-state index in [0.717, 1.165) is 17.4 Å². The van der Waals surface area contributed by atoms with Crippen molar-refractivity contribution in [2.24, 2.45) is 0 Å². The zero-order valence-electron chi connectivity index (χ0n) is 22.7. The van der Waals surface area contributed by atoms with Crippen LogP contribution < -0.4 is 9.62 Å². The van der Waals surface area contributed by atoms with E-state index in [2.05, 4.69) is 20.3 Å². The molecule has 1 amide bonds. The van der Waals surface area contributed by atoms with Crippen molar-refractivity contribution in [1.82, 2.24) is 20.3 Å². The van der Waals surface area contributed by atoms with Gasteiger partial charge in [0.15, 0.2) is 11.2 Å². The maximum Gasteiger partial charge on any atom is 0.255 e. The molecule has 0 spiro atoms. The van der Waals surface area contributed by atoms with E-state index in [9.17, 15) is 13.2 Å².